The van der Waals surface area contributed by atoms with Crippen LogP contribution in [0.1, 0.15) is 0 Å². The van der Waals surface area contributed by atoms with Crippen molar-refractivity contribution < 1.29 is 13.5 Å². The first-order valence-corrected chi connectivity index (χ1v) is 4.86. The number of rotatable bonds is 3. The molecule has 0 heterocycles. The predicted molar refractivity (Wildman–Crippen MR) is 59.9 cm³/mol. The van der Waals surface area contributed by atoms with Crippen molar-refractivity contribution in [1.82, 2.24) is 0 Å². The Hall–Kier alpha value is -1.84. The molecule has 0 saturated carbocycles. The second-order valence-electron chi connectivity index (χ2n) is 3.40. The molecule has 0 aliphatic rings. The Morgan fingerprint density at radius 1 is 1.06 bits per heavy atom. The summed E-state index contributed by atoms with van der Waals surface area (Å²) in [6.45, 7) is -0.603. The highest BCUT2D eigenvalue weighted by molar-refractivity contribution is 5.96. The Bertz CT molecular complexity index is 499. The SMILES string of the molecule is Nc1ccc(OCC(F)F)c2ccccc12. The fourth-order valence-electron chi connectivity index (χ4n) is 1.57. The van der Waals surface area contributed by atoms with Crippen molar-refractivity contribution in [3.63, 3.8) is 0 Å². The molecule has 4 heteroatoms. The fourth-order valence-corrected chi connectivity index (χ4v) is 1.57. The van der Waals surface area contributed by atoms with E-state index >= 15 is 0 Å². The zero-order valence-electron chi connectivity index (χ0n) is 8.49. The number of nitrogen functional groups attached to an aromatic ring is 1. The summed E-state index contributed by atoms with van der Waals surface area (Å²) in [4.78, 5) is 0. The molecule has 0 radical (unpaired) electrons. The Kier molecular flexibility index (Phi) is 2.90. The quantitative estimate of drug-likeness (QED) is 0.811. The van der Waals surface area contributed by atoms with Gasteiger partial charge in [0.1, 0.15) is 12.4 Å². The minimum atomic E-state index is -2.48. The van der Waals surface area contributed by atoms with Crippen LogP contribution in [-0.2, 0) is 0 Å². The summed E-state index contributed by atoms with van der Waals surface area (Å²) < 4.78 is 29.1. The standard InChI is InChI=1S/C12H11F2NO/c13-12(14)7-16-11-6-5-10(15)8-3-1-2-4-9(8)11/h1-6,12H,7,15H2. The predicted octanol–water partition coefficient (Wildman–Crippen LogP) is 3.07. The van der Waals surface area contributed by atoms with E-state index in [9.17, 15) is 8.78 Å². The van der Waals surface area contributed by atoms with Crippen LogP contribution in [0.4, 0.5) is 14.5 Å². The van der Waals surface area contributed by atoms with Crippen LogP contribution in [-0.4, -0.2) is 13.0 Å². The monoisotopic (exact) mass is 223 g/mol. The lowest BCUT2D eigenvalue weighted by Gasteiger charge is -2.10. The van der Waals surface area contributed by atoms with Crippen molar-refractivity contribution in [2.24, 2.45) is 0 Å². The Morgan fingerprint density at radius 3 is 2.44 bits per heavy atom. The zero-order chi connectivity index (χ0) is 11.5. The van der Waals surface area contributed by atoms with E-state index in [1.807, 2.05) is 18.2 Å². The van der Waals surface area contributed by atoms with Gasteiger partial charge in [0.25, 0.3) is 6.43 Å². The van der Waals surface area contributed by atoms with Gasteiger partial charge in [-0.2, -0.15) is 0 Å². The summed E-state index contributed by atoms with van der Waals surface area (Å²) in [5.41, 5.74) is 6.39. The third kappa shape index (κ3) is 2.05. The lowest BCUT2D eigenvalue weighted by atomic mass is 10.1. The fraction of sp³-hybridized carbons (Fsp3) is 0.167. The number of halogens is 2. The molecular formula is C12H11F2NO. The first-order chi connectivity index (χ1) is 7.68. The largest absolute Gasteiger partial charge is 0.487 e. The third-order valence-electron chi connectivity index (χ3n) is 2.28. The molecule has 0 spiro atoms. The van der Waals surface area contributed by atoms with E-state index < -0.39 is 13.0 Å². The smallest absolute Gasteiger partial charge is 0.272 e. The molecule has 0 saturated heterocycles. The third-order valence-corrected chi connectivity index (χ3v) is 2.28. The number of hydrogen-bond donors (Lipinski definition) is 1. The Balaban J connectivity index is 2.42. The van der Waals surface area contributed by atoms with E-state index in [1.165, 1.54) is 0 Å². The van der Waals surface area contributed by atoms with Crippen molar-refractivity contribution in [2.45, 2.75) is 6.43 Å². The molecule has 2 nitrogen and oxygen atoms in total. The second-order valence-corrected chi connectivity index (χ2v) is 3.40. The zero-order valence-corrected chi connectivity index (χ0v) is 8.49. The highest BCUT2D eigenvalue weighted by Gasteiger charge is 2.07. The molecule has 0 aliphatic carbocycles. The first-order valence-electron chi connectivity index (χ1n) is 4.86. The van der Waals surface area contributed by atoms with Gasteiger partial charge in [-0.3, -0.25) is 0 Å². The van der Waals surface area contributed by atoms with Gasteiger partial charge in [-0.25, -0.2) is 8.78 Å². The van der Waals surface area contributed by atoms with Gasteiger partial charge in [0.15, 0.2) is 0 Å². The lowest BCUT2D eigenvalue weighted by molar-refractivity contribution is 0.0827. The van der Waals surface area contributed by atoms with Gasteiger partial charge in [-0.1, -0.05) is 24.3 Å². The molecule has 2 aromatic carbocycles. The summed E-state index contributed by atoms with van der Waals surface area (Å²) in [5, 5.41) is 1.57. The molecule has 2 aromatic rings. The average Bonchev–Trinajstić information content (AvgIpc) is 2.28. The molecule has 0 amide bonds. The van der Waals surface area contributed by atoms with Gasteiger partial charge in [0.2, 0.25) is 0 Å². The highest BCUT2D eigenvalue weighted by Crippen LogP contribution is 2.29. The molecule has 0 atom stereocenters. The number of anilines is 1. The summed E-state index contributed by atoms with van der Waals surface area (Å²) in [7, 11) is 0. The van der Waals surface area contributed by atoms with E-state index in [0.29, 0.717) is 11.4 Å². The molecule has 84 valence electrons. The highest BCUT2D eigenvalue weighted by atomic mass is 19.3. The van der Waals surface area contributed by atoms with E-state index in [-0.39, 0.29) is 0 Å². The average molecular weight is 223 g/mol. The van der Waals surface area contributed by atoms with Gasteiger partial charge >= 0.3 is 0 Å². The molecular weight excluding hydrogens is 212 g/mol. The Labute approximate surface area is 91.6 Å². The van der Waals surface area contributed by atoms with E-state index in [2.05, 4.69) is 0 Å². The van der Waals surface area contributed by atoms with Gasteiger partial charge in [-0.15, -0.1) is 0 Å². The van der Waals surface area contributed by atoms with E-state index in [1.54, 1.807) is 18.2 Å². The number of ether oxygens (including phenoxy) is 1. The van der Waals surface area contributed by atoms with Crippen LogP contribution in [0.25, 0.3) is 10.8 Å². The van der Waals surface area contributed by atoms with Crippen LogP contribution in [0, 0.1) is 0 Å². The van der Waals surface area contributed by atoms with Crippen molar-refractivity contribution in [3.05, 3.63) is 36.4 Å². The molecule has 2 rings (SSSR count). The second kappa shape index (κ2) is 4.35. The molecule has 0 unspecified atom stereocenters. The van der Waals surface area contributed by atoms with Crippen molar-refractivity contribution in [1.29, 1.82) is 0 Å². The van der Waals surface area contributed by atoms with Gasteiger partial charge in [0.05, 0.1) is 0 Å². The molecule has 2 N–H and O–H groups in total. The molecule has 0 fully saturated rings. The topological polar surface area (TPSA) is 35.2 Å². The van der Waals surface area contributed by atoms with Crippen LogP contribution in [0.3, 0.4) is 0 Å². The summed E-state index contributed by atoms with van der Waals surface area (Å²) in [6, 6.07) is 10.6. The molecule has 0 aliphatic heterocycles. The van der Waals surface area contributed by atoms with Gasteiger partial charge in [-0.05, 0) is 12.1 Å². The number of fused-ring (bicyclic) bond motifs is 1. The molecule has 0 aromatic heterocycles. The maximum absolute atomic E-state index is 12.1. The number of nitrogens with two attached hydrogens (primary N) is 1. The first kappa shape index (κ1) is 10.7. The summed E-state index contributed by atoms with van der Waals surface area (Å²) in [5.74, 6) is 0.435. The van der Waals surface area contributed by atoms with Gasteiger partial charge in [0, 0.05) is 16.5 Å². The van der Waals surface area contributed by atoms with Crippen LogP contribution in [0.2, 0.25) is 0 Å². The van der Waals surface area contributed by atoms with E-state index in [0.717, 1.165) is 10.8 Å². The normalized spacial score (nSPS) is 10.9. The van der Waals surface area contributed by atoms with E-state index in [4.69, 9.17) is 10.5 Å². The van der Waals surface area contributed by atoms with Crippen LogP contribution >= 0.6 is 0 Å². The number of alkyl halides is 2. The summed E-state index contributed by atoms with van der Waals surface area (Å²) in [6.07, 6.45) is -2.48. The van der Waals surface area contributed by atoms with Crippen molar-refractivity contribution in [3.8, 4) is 5.75 Å². The summed E-state index contributed by atoms with van der Waals surface area (Å²) >= 11 is 0. The molecule has 16 heavy (non-hydrogen) atoms. The van der Waals surface area contributed by atoms with Gasteiger partial charge < -0.3 is 10.5 Å². The minimum Gasteiger partial charge on any atom is -0.487 e. The van der Waals surface area contributed by atoms with Crippen LogP contribution < -0.4 is 10.5 Å². The Morgan fingerprint density at radius 2 is 1.75 bits per heavy atom. The molecule has 0 bridgehead atoms. The number of benzene rings is 2. The maximum Gasteiger partial charge on any atom is 0.272 e. The lowest BCUT2D eigenvalue weighted by Crippen LogP contribution is -2.07. The maximum atomic E-state index is 12.1. The minimum absolute atomic E-state index is 0.435. The van der Waals surface area contributed by atoms with Crippen LogP contribution in [0.5, 0.6) is 5.75 Å². The van der Waals surface area contributed by atoms with Crippen LogP contribution in [0.15, 0.2) is 36.4 Å². The van der Waals surface area contributed by atoms with Crippen molar-refractivity contribution in [2.75, 3.05) is 12.3 Å². The van der Waals surface area contributed by atoms with Crippen molar-refractivity contribution >= 4 is 16.5 Å². The number of hydrogen-bond acceptors (Lipinski definition) is 2.